The number of carbonyl (C=O) groups excluding carboxylic acids is 1. The van der Waals surface area contributed by atoms with E-state index in [9.17, 15) is 13.2 Å². The number of fused-ring (bicyclic) bond motifs is 3. The highest BCUT2D eigenvalue weighted by Gasteiger charge is 2.18. The second-order valence-corrected chi connectivity index (χ2v) is 8.92. The summed E-state index contributed by atoms with van der Waals surface area (Å²) in [6, 6.07) is 11.7. The van der Waals surface area contributed by atoms with E-state index in [0.29, 0.717) is 5.56 Å². The van der Waals surface area contributed by atoms with Crippen LogP contribution < -0.4 is 10.5 Å². The molecule has 7 heteroatoms. The third kappa shape index (κ3) is 3.55. The van der Waals surface area contributed by atoms with Crippen molar-refractivity contribution in [3.8, 4) is 0 Å². The maximum atomic E-state index is 12.8. The number of aryl methyl sites for hydroxylation is 2. The summed E-state index contributed by atoms with van der Waals surface area (Å²) < 4.78 is 22.7. The molecule has 0 aliphatic heterocycles. The summed E-state index contributed by atoms with van der Waals surface area (Å²) in [4.78, 5) is 16.3. The number of rotatable bonds is 4. The van der Waals surface area contributed by atoms with Gasteiger partial charge in [0.2, 0.25) is 10.0 Å². The van der Waals surface area contributed by atoms with Crippen LogP contribution in [-0.4, -0.2) is 19.3 Å². The van der Waals surface area contributed by atoms with E-state index in [0.717, 1.165) is 29.3 Å². The molecule has 4 N–H and O–H groups in total. The van der Waals surface area contributed by atoms with E-state index in [4.69, 9.17) is 5.14 Å². The fraction of sp³-hybridized carbons (Fsp3) is 0.286. The molecule has 6 nitrogen and oxygen atoms in total. The second kappa shape index (κ2) is 7.07. The van der Waals surface area contributed by atoms with Gasteiger partial charge in [-0.05, 0) is 74.1 Å². The molecule has 3 aromatic rings. The minimum atomic E-state index is -3.72. The fourth-order valence-corrected chi connectivity index (χ4v) is 4.37. The largest absolute Gasteiger partial charge is 0.358 e. The standard InChI is InChI=1S/C21H23N3O3S/c1-13(14-6-9-16(10-7-14)28(22,26)27)23-21(25)15-8-11-20-18(12-15)17-4-2-3-5-19(17)24-20/h6-13,24H,2-5H2,1H3,(H,23,25)(H2,22,26,27)/t13-/m1/s1. The van der Waals surface area contributed by atoms with Crippen LogP contribution in [0.3, 0.4) is 0 Å². The van der Waals surface area contributed by atoms with Gasteiger partial charge in [-0.25, -0.2) is 13.6 Å². The van der Waals surface area contributed by atoms with Gasteiger partial charge in [-0.2, -0.15) is 0 Å². The Hall–Kier alpha value is -2.64. The molecule has 1 heterocycles. The number of sulfonamides is 1. The van der Waals surface area contributed by atoms with E-state index in [2.05, 4.69) is 10.3 Å². The van der Waals surface area contributed by atoms with Crippen molar-refractivity contribution < 1.29 is 13.2 Å². The Morgan fingerprint density at radius 2 is 1.82 bits per heavy atom. The third-order valence-corrected chi connectivity index (χ3v) is 6.35. The summed E-state index contributed by atoms with van der Waals surface area (Å²) in [7, 11) is -3.72. The highest BCUT2D eigenvalue weighted by Crippen LogP contribution is 2.29. The van der Waals surface area contributed by atoms with Crippen molar-refractivity contribution in [1.29, 1.82) is 0 Å². The first-order valence-electron chi connectivity index (χ1n) is 9.40. The molecule has 0 radical (unpaired) electrons. The van der Waals surface area contributed by atoms with Gasteiger partial charge < -0.3 is 10.3 Å². The first-order valence-corrected chi connectivity index (χ1v) is 10.9. The van der Waals surface area contributed by atoms with Gasteiger partial charge in [-0.3, -0.25) is 4.79 Å². The van der Waals surface area contributed by atoms with Crippen molar-refractivity contribution in [2.75, 3.05) is 0 Å². The predicted molar refractivity (Wildman–Crippen MR) is 109 cm³/mol. The quantitative estimate of drug-likeness (QED) is 0.629. The van der Waals surface area contributed by atoms with Crippen molar-refractivity contribution in [3.05, 3.63) is 64.8 Å². The first-order chi connectivity index (χ1) is 13.3. The van der Waals surface area contributed by atoms with Gasteiger partial charge >= 0.3 is 0 Å². The molecule has 2 aromatic carbocycles. The summed E-state index contributed by atoms with van der Waals surface area (Å²) in [6.07, 6.45) is 4.50. The van der Waals surface area contributed by atoms with Crippen LogP contribution in [0.2, 0.25) is 0 Å². The summed E-state index contributed by atoms with van der Waals surface area (Å²) in [5.74, 6) is -0.157. The van der Waals surface area contributed by atoms with Crippen LogP contribution in [0.1, 0.15) is 53.0 Å². The Morgan fingerprint density at radius 1 is 1.11 bits per heavy atom. The maximum absolute atomic E-state index is 12.8. The van der Waals surface area contributed by atoms with Gasteiger partial charge in [0, 0.05) is 22.2 Å². The number of benzene rings is 2. The number of carbonyl (C=O) groups is 1. The zero-order valence-corrected chi connectivity index (χ0v) is 16.5. The van der Waals surface area contributed by atoms with Crippen molar-refractivity contribution in [2.24, 2.45) is 5.14 Å². The number of H-pyrrole nitrogens is 1. The molecule has 4 rings (SSSR count). The summed E-state index contributed by atoms with van der Waals surface area (Å²) in [5.41, 5.74) is 5.13. The third-order valence-electron chi connectivity index (χ3n) is 5.42. The number of nitrogens with one attached hydrogen (secondary N) is 2. The molecule has 1 amide bonds. The van der Waals surface area contributed by atoms with Crippen molar-refractivity contribution >= 4 is 26.8 Å². The van der Waals surface area contributed by atoms with Crippen LogP contribution in [0.15, 0.2) is 47.4 Å². The lowest BCUT2D eigenvalue weighted by Crippen LogP contribution is -2.26. The number of aromatic nitrogens is 1. The number of hydrogen-bond acceptors (Lipinski definition) is 3. The molecule has 1 atom stereocenters. The van der Waals surface area contributed by atoms with Gasteiger partial charge in [-0.1, -0.05) is 12.1 Å². The van der Waals surface area contributed by atoms with Gasteiger partial charge in [-0.15, -0.1) is 0 Å². The van der Waals surface area contributed by atoms with Crippen LogP contribution in [-0.2, 0) is 22.9 Å². The Labute approximate surface area is 164 Å². The topological polar surface area (TPSA) is 105 Å². The predicted octanol–water partition coefficient (Wildman–Crippen LogP) is 3.19. The van der Waals surface area contributed by atoms with Crippen LogP contribution in [0, 0.1) is 0 Å². The number of amides is 1. The van der Waals surface area contributed by atoms with Gasteiger partial charge in [0.25, 0.3) is 5.91 Å². The molecule has 0 saturated heterocycles. The van der Waals surface area contributed by atoms with Gasteiger partial charge in [0.05, 0.1) is 10.9 Å². The minimum absolute atomic E-state index is 0.0532. The van der Waals surface area contributed by atoms with E-state index >= 15 is 0 Å². The monoisotopic (exact) mass is 397 g/mol. The van der Waals surface area contributed by atoms with E-state index in [1.165, 1.54) is 36.2 Å². The average molecular weight is 398 g/mol. The van der Waals surface area contributed by atoms with Gasteiger partial charge in [0.15, 0.2) is 0 Å². The lowest BCUT2D eigenvalue weighted by molar-refractivity contribution is 0.0940. The normalized spacial score (nSPS) is 15.2. The zero-order valence-electron chi connectivity index (χ0n) is 15.7. The smallest absolute Gasteiger partial charge is 0.251 e. The fourth-order valence-electron chi connectivity index (χ4n) is 3.86. The Balaban J connectivity index is 1.54. The second-order valence-electron chi connectivity index (χ2n) is 7.36. The summed E-state index contributed by atoms with van der Waals surface area (Å²) >= 11 is 0. The molecular weight excluding hydrogens is 374 g/mol. The minimum Gasteiger partial charge on any atom is -0.358 e. The number of aromatic amines is 1. The highest BCUT2D eigenvalue weighted by atomic mass is 32.2. The van der Waals surface area contributed by atoms with Crippen molar-refractivity contribution in [2.45, 2.75) is 43.5 Å². The highest BCUT2D eigenvalue weighted by molar-refractivity contribution is 7.89. The van der Waals surface area contributed by atoms with Crippen LogP contribution in [0.5, 0.6) is 0 Å². The molecule has 0 spiro atoms. The molecule has 1 aliphatic carbocycles. The molecule has 1 aromatic heterocycles. The van der Waals surface area contributed by atoms with E-state index < -0.39 is 10.0 Å². The average Bonchev–Trinajstić information content (AvgIpc) is 3.05. The molecule has 0 bridgehead atoms. The van der Waals surface area contributed by atoms with Crippen LogP contribution in [0.25, 0.3) is 10.9 Å². The van der Waals surface area contributed by atoms with Crippen molar-refractivity contribution in [3.63, 3.8) is 0 Å². The van der Waals surface area contributed by atoms with Gasteiger partial charge in [0.1, 0.15) is 0 Å². The first kappa shape index (κ1) is 18.7. The van der Waals surface area contributed by atoms with E-state index in [-0.39, 0.29) is 16.8 Å². The number of nitrogens with two attached hydrogens (primary N) is 1. The SMILES string of the molecule is C[C@@H](NC(=O)c1ccc2[nH]c3c(c2c1)CCCC3)c1ccc(S(N)(=O)=O)cc1. The van der Waals surface area contributed by atoms with Crippen LogP contribution in [0.4, 0.5) is 0 Å². The molecular formula is C21H23N3O3S. The lowest BCUT2D eigenvalue weighted by atomic mass is 9.95. The zero-order chi connectivity index (χ0) is 19.9. The Bertz CT molecular complexity index is 1150. The summed E-state index contributed by atoms with van der Waals surface area (Å²) in [6.45, 7) is 1.86. The molecule has 0 unspecified atom stereocenters. The van der Waals surface area contributed by atoms with Crippen LogP contribution >= 0.6 is 0 Å². The molecule has 1 aliphatic rings. The van der Waals surface area contributed by atoms with Crippen molar-refractivity contribution in [1.82, 2.24) is 10.3 Å². The number of hydrogen-bond donors (Lipinski definition) is 3. The molecule has 146 valence electrons. The molecule has 28 heavy (non-hydrogen) atoms. The Morgan fingerprint density at radius 3 is 2.54 bits per heavy atom. The lowest BCUT2D eigenvalue weighted by Gasteiger charge is -2.15. The summed E-state index contributed by atoms with van der Waals surface area (Å²) in [5, 5.41) is 9.23. The molecule has 0 fully saturated rings. The maximum Gasteiger partial charge on any atom is 0.251 e. The Kier molecular flexibility index (Phi) is 4.72. The number of primary sulfonamides is 1. The van der Waals surface area contributed by atoms with E-state index in [1.54, 1.807) is 12.1 Å². The van der Waals surface area contributed by atoms with E-state index in [1.807, 2.05) is 25.1 Å². The molecule has 0 saturated carbocycles.